The maximum absolute atomic E-state index is 10.5. The van der Waals surface area contributed by atoms with Gasteiger partial charge in [-0.1, -0.05) is 66.5 Å². The van der Waals surface area contributed by atoms with E-state index >= 15 is 0 Å². The zero-order chi connectivity index (χ0) is 15.7. The van der Waals surface area contributed by atoms with Gasteiger partial charge < -0.3 is 10.2 Å². The summed E-state index contributed by atoms with van der Waals surface area (Å²) >= 11 is 0. The van der Waals surface area contributed by atoms with Crippen molar-refractivity contribution in [1.82, 2.24) is 0 Å². The van der Waals surface area contributed by atoms with Crippen molar-refractivity contribution in [2.24, 2.45) is 21.7 Å². The van der Waals surface area contributed by atoms with Crippen LogP contribution in [0, 0.1) is 21.7 Å². The van der Waals surface area contributed by atoms with Gasteiger partial charge in [-0.05, 0) is 23.7 Å². The van der Waals surface area contributed by atoms with Crippen molar-refractivity contribution in [2.45, 2.75) is 80.4 Å². The van der Waals surface area contributed by atoms with E-state index in [-0.39, 0.29) is 33.9 Å². The molecule has 0 radical (unpaired) electrons. The summed E-state index contributed by atoms with van der Waals surface area (Å²) in [6, 6.07) is 0. The SMILES string of the molecule is CC1(C)CC(O)C(C)(C)/C1=C1\C(C)(C)CC(O)C1(C)C. The first-order valence-corrected chi connectivity index (χ1v) is 7.87. The van der Waals surface area contributed by atoms with Gasteiger partial charge >= 0.3 is 0 Å². The summed E-state index contributed by atoms with van der Waals surface area (Å²) in [5.41, 5.74) is 2.33. The summed E-state index contributed by atoms with van der Waals surface area (Å²) in [4.78, 5) is 0. The van der Waals surface area contributed by atoms with Crippen LogP contribution >= 0.6 is 0 Å². The average molecular weight is 280 g/mol. The second-order valence-corrected chi connectivity index (χ2v) is 9.40. The summed E-state index contributed by atoms with van der Waals surface area (Å²) in [6.07, 6.45) is 1.01. The van der Waals surface area contributed by atoms with E-state index in [9.17, 15) is 10.2 Å². The van der Waals surface area contributed by atoms with Crippen LogP contribution in [0.3, 0.4) is 0 Å². The van der Waals surface area contributed by atoms with Crippen molar-refractivity contribution < 1.29 is 10.2 Å². The molecular weight excluding hydrogens is 248 g/mol. The summed E-state index contributed by atoms with van der Waals surface area (Å²) < 4.78 is 0. The number of hydrogen-bond acceptors (Lipinski definition) is 2. The molecule has 20 heavy (non-hydrogen) atoms. The van der Waals surface area contributed by atoms with Gasteiger partial charge in [-0.15, -0.1) is 0 Å². The third-order valence-corrected chi connectivity index (χ3v) is 5.97. The smallest absolute Gasteiger partial charge is 0.0636 e. The first kappa shape index (κ1) is 16.0. The van der Waals surface area contributed by atoms with E-state index in [1.54, 1.807) is 0 Å². The molecule has 2 fully saturated rings. The van der Waals surface area contributed by atoms with Crippen molar-refractivity contribution in [3.8, 4) is 0 Å². The molecule has 2 aliphatic carbocycles. The van der Waals surface area contributed by atoms with Crippen LogP contribution < -0.4 is 0 Å². The third-order valence-electron chi connectivity index (χ3n) is 5.97. The summed E-state index contributed by atoms with van der Waals surface area (Å²) in [6.45, 7) is 17.6. The van der Waals surface area contributed by atoms with Gasteiger partial charge in [-0.3, -0.25) is 0 Å². The molecule has 2 heteroatoms. The summed E-state index contributed by atoms with van der Waals surface area (Å²) in [7, 11) is 0. The van der Waals surface area contributed by atoms with Gasteiger partial charge in [0.15, 0.2) is 0 Å². The highest BCUT2D eigenvalue weighted by Crippen LogP contribution is 2.63. The van der Waals surface area contributed by atoms with Gasteiger partial charge in [0, 0.05) is 10.8 Å². The number of rotatable bonds is 0. The highest BCUT2D eigenvalue weighted by atomic mass is 16.3. The van der Waals surface area contributed by atoms with E-state index < -0.39 is 0 Å². The van der Waals surface area contributed by atoms with E-state index in [1.165, 1.54) is 11.1 Å². The van der Waals surface area contributed by atoms with Crippen molar-refractivity contribution in [1.29, 1.82) is 0 Å². The minimum absolute atomic E-state index is 0.00313. The van der Waals surface area contributed by atoms with Gasteiger partial charge in [-0.2, -0.15) is 0 Å². The molecule has 0 bridgehead atoms. The third kappa shape index (κ3) is 1.99. The number of aliphatic hydroxyl groups excluding tert-OH is 2. The van der Waals surface area contributed by atoms with Gasteiger partial charge in [-0.25, -0.2) is 0 Å². The monoisotopic (exact) mass is 280 g/mol. The van der Waals surface area contributed by atoms with Crippen LogP contribution in [0.25, 0.3) is 0 Å². The molecule has 2 nitrogen and oxygen atoms in total. The van der Waals surface area contributed by atoms with Crippen LogP contribution in [0.1, 0.15) is 68.2 Å². The quantitative estimate of drug-likeness (QED) is 0.660. The van der Waals surface area contributed by atoms with Crippen LogP contribution in [-0.4, -0.2) is 22.4 Å². The minimum Gasteiger partial charge on any atom is -0.392 e. The largest absolute Gasteiger partial charge is 0.392 e. The maximum Gasteiger partial charge on any atom is 0.0636 e. The number of hydrogen-bond donors (Lipinski definition) is 2. The van der Waals surface area contributed by atoms with Crippen LogP contribution in [0.5, 0.6) is 0 Å². The molecule has 0 aliphatic heterocycles. The maximum atomic E-state index is 10.5. The van der Waals surface area contributed by atoms with Crippen molar-refractivity contribution >= 4 is 0 Å². The molecule has 0 aromatic heterocycles. The molecule has 2 unspecified atom stereocenters. The Morgan fingerprint density at radius 2 is 0.900 bits per heavy atom. The molecule has 2 saturated carbocycles. The molecule has 0 aromatic rings. The Balaban J connectivity index is 2.77. The molecule has 0 saturated heterocycles. The highest BCUT2D eigenvalue weighted by molar-refractivity contribution is 5.42. The Hall–Kier alpha value is -0.340. The molecule has 2 N–H and O–H groups in total. The van der Waals surface area contributed by atoms with Crippen molar-refractivity contribution in [3.05, 3.63) is 11.1 Å². The Morgan fingerprint density at radius 1 is 0.650 bits per heavy atom. The van der Waals surface area contributed by atoms with Crippen molar-refractivity contribution in [3.63, 3.8) is 0 Å². The zero-order valence-electron chi connectivity index (χ0n) is 14.5. The first-order valence-electron chi connectivity index (χ1n) is 7.87. The van der Waals surface area contributed by atoms with E-state index in [1.807, 2.05) is 0 Å². The van der Waals surface area contributed by atoms with Crippen LogP contribution in [0.2, 0.25) is 0 Å². The fraction of sp³-hybridized carbons (Fsp3) is 0.889. The minimum atomic E-state index is -0.302. The number of aliphatic hydroxyl groups is 2. The van der Waals surface area contributed by atoms with E-state index in [0.717, 1.165) is 12.8 Å². The van der Waals surface area contributed by atoms with Crippen LogP contribution in [-0.2, 0) is 0 Å². The Kier molecular flexibility index (Phi) is 3.29. The molecule has 0 heterocycles. The molecule has 2 atom stereocenters. The summed E-state index contributed by atoms with van der Waals surface area (Å²) in [5.74, 6) is 0. The molecule has 0 amide bonds. The van der Waals surface area contributed by atoms with Crippen LogP contribution in [0.4, 0.5) is 0 Å². The lowest BCUT2D eigenvalue weighted by Crippen LogP contribution is -2.32. The first-order chi connectivity index (χ1) is 8.74. The van der Waals surface area contributed by atoms with E-state index in [4.69, 9.17) is 0 Å². The van der Waals surface area contributed by atoms with E-state index in [0.29, 0.717) is 0 Å². The second kappa shape index (κ2) is 4.10. The lowest BCUT2D eigenvalue weighted by molar-refractivity contribution is 0.0851. The molecular formula is C18H32O2. The Morgan fingerprint density at radius 3 is 1.05 bits per heavy atom. The standard InChI is InChI=1S/C18H32O2/c1-15(2)9-11(19)17(5,6)13(15)14-16(3,4)10-12(20)18(14,7)8/h11-12,19-20H,9-10H2,1-8H3/b14-13+. The molecule has 2 rings (SSSR count). The molecule has 0 aromatic carbocycles. The molecule has 2 aliphatic rings. The second-order valence-electron chi connectivity index (χ2n) is 9.40. The van der Waals surface area contributed by atoms with Gasteiger partial charge in [0.2, 0.25) is 0 Å². The van der Waals surface area contributed by atoms with Gasteiger partial charge in [0.1, 0.15) is 0 Å². The van der Waals surface area contributed by atoms with Gasteiger partial charge in [0.25, 0.3) is 0 Å². The average Bonchev–Trinajstić information content (AvgIpc) is 2.44. The van der Waals surface area contributed by atoms with Gasteiger partial charge in [0.05, 0.1) is 12.2 Å². The predicted molar refractivity (Wildman–Crippen MR) is 83.4 cm³/mol. The van der Waals surface area contributed by atoms with Crippen molar-refractivity contribution in [2.75, 3.05) is 0 Å². The topological polar surface area (TPSA) is 40.5 Å². The van der Waals surface area contributed by atoms with Crippen LogP contribution in [0.15, 0.2) is 11.1 Å². The lowest BCUT2D eigenvalue weighted by atomic mass is 9.65. The van der Waals surface area contributed by atoms with E-state index in [2.05, 4.69) is 55.4 Å². The highest BCUT2D eigenvalue weighted by Gasteiger charge is 2.57. The predicted octanol–water partition coefficient (Wildman–Crippen LogP) is 3.92. The fourth-order valence-corrected chi connectivity index (χ4v) is 5.08. The normalized spacial score (nSPS) is 41.1. The Bertz CT molecular complexity index is 410. The Labute approximate surface area is 124 Å². The lowest BCUT2D eigenvalue weighted by Gasteiger charge is -2.40. The zero-order valence-corrected chi connectivity index (χ0v) is 14.5. The summed E-state index contributed by atoms with van der Waals surface area (Å²) in [5, 5.41) is 21.1. The molecule has 0 spiro atoms. The fourth-order valence-electron chi connectivity index (χ4n) is 5.08. The molecule has 116 valence electrons.